The molecule has 154 valence electrons. The van der Waals surface area contributed by atoms with Crippen molar-refractivity contribution in [3.05, 3.63) is 51.7 Å². The number of thiophene rings is 1. The fraction of sp³-hybridized carbons (Fsp3) is 0.350. The molecular formula is C20H24N4O4S. The number of hydrogen-bond acceptors (Lipinski definition) is 6. The molecule has 1 saturated heterocycles. The minimum Gasteiger partial charge on any atom is -0.377 e. The van der Waals surface area contributed by atoms with E-state index in [0.717, 1.165) is 24.3 Å². The number of ether oxygens (including phenoxy) is 1. The third kappa shape index (κ3) is 6.11. The number of primary amides is 2. The highest BCUT2D eigenvalue weighted by atomic mass is 32.1. The summed E-state index contributed by atoms with van der Waals surface area (Å²) in [7, 11) is 0. The van der Waals surface area contributed by atoms with Crippen LogP contribution in [0, 0.1) is 0 Å². The molecule has 0 radical (unpaired) electrons. The lowest BCUT2D eigenvalue weighted by Crippen LogP contribution is -2.37. The highest BCUT2D eigenvalue weighted by molar-refractivity contribution is 7.09. The van der Waals surface area contributed by atoms with Crippen LogP contribution in [0.3, 0.4) is 0 Å². The third-order valence-corrected chi connectivity index (χ3v) is 5.46. The molecule has 8 nitrogen and oxygen atoms in total. The molecule has 2 heterocycles. The quantitative estimate of drug-likeness (QED) is 0.572. The first-order valence-corrected chi connectivity index (χ1v) is 10.2. The number of nitrogens with two attached hydrogens (primary N) is 2. The van der Waals surface area contributed by atoms with E-state index in [9.17, 15) is 14.4 Å². The number of nitrogens with zero attached hydrogens (tertiary/aromatic N) is 1. The summed E-state index contributed by atoms with van der Waals surface area (Å²) in [5.74, 6) is -1.68. The molecule has 5 N–H and O–H groups in total. The Kier molecular flexibility index (Phi) is 6.97. The number of benzene rings is 1. The van der Waals surface area contributed by atoms with Crippen LogP contribution >= 0.6 is 11.3 Å². The van der Waals surface area contributed by atoms with Gasteiger partial charge >= 0.3 is 0 Å². The lowest BCUT2D eigenvalue weighted by atomic mass is 10.1. The first-order chi connectivity index (χ1) is 13.9. The van der Waals surface area contributed by atoms with Gasteiger partial charge in [-0.1, -0.05) is 6.07 Å². The average Bonchev–Trinajstić information content (AvgIpc) is 3.35. The van der Waals surface area contributed by atoms with Gasteiger partial charge in [-0.2, -0.15) is 0 Å². The van der Waals surface area contributed by atoms with E-state index in [1.807, 2.05) is 22.4 Å². The van der Waals surface area contributed by atoms with Crippen molar-refractivity contribution in [2.75, 3.05) is 25.0 Å². The number of carbonyl (C=O) groups excluding carboxylic acids is 3. The minimum absolute atomic E-state index is 0.103. The maximum Gasteiger partial charge on any atom is 0.248 e. The molecule has 1 fully saturated rings. The van der Waals surface area contributed by atoms with Crippen molar-refractivity contribution < 1.29 is 19.1 Å². The zero-order valence-electron chi connectivity index (χ0n) is 15.9. The molecule has 9 heteroatoms. The van der Waals surface area contributed by atoms with Crippen LogP contribution in [0.4, 0.5) is 5.69 Å². The van der Waals surface area contributed by atoms with E-state index in [-0.39, 0.29) is 29.7 Å². The molecule has 0 bridgehead atoms. The predicted octanol–water partition coefficient (Wildman–Crippen LogP) is 1.57. The summed E-state index contributed by atoms with van der Waals surface area (Å²) >= 11 is 1.63. The zero-order valence-corrected chi connectivity index (χ0v) is 16.7. The second-order valence-electron chi connectivity index (χ2n) is 6.96. The van der Waals surface area contributed by atoms with E-state index >= 15 is 0 Å². The Balaban J connectivity index is 1.70. The van der Waals surface area contributed by atoms with Gasteiger partial charge in [-0.15, -0.1) is 11.3 Å². The van der Waals surface area contributed by atoms with Crippen molar-refractivity contribution in [1.82, 2.24) is 4.90 Å². The molecule has 1 unspecified atom stereocenters. The monoisotopic (exact) mass is 416 g/mol. The van der Waals surface area contributed by atoms with E-state index in [1.54, 1.807) is 11.3 Å². The van der Waals surface area contributed by atoms with Crippen LogP contribution in [0.25, 0.3) is 0 Å². The molecule has 1 aliphatic heterocycles. The molecule has 1 aromatic heterocycles. The topological polar surface area (TPSA) is 128 Å². The van der Waals surface area contributed by atoms with Crippen molar-refractivity contribution in [2.45, 2.75) is 25.5 Å². The van der Waals surface area contributed by atoms with Crippen LogP contribution in [0.15, 0.2) is 35.7 Å². The van der Waals surface area contributed by atoms with Gasteiger partial charge in [0.25, 0.3) is 0 Å². The van der Waals surface area contributed by atoms with Gasteiger partial charge in [-0.3, -0.25) is 19.3 Å². The maximum absolute atomic E-state index is 12.7. The van der Waals surface area contributed by atoms with Crippen molar-refractivity contribution in [3.8, 4) is 0 Å². The Bertz CT molecular complexity index is 846. The van der Waals surface area contributed by atoms with Gasteiger partial charge in [-0.05, 0) is 42.5 Å². The number of amides is 3. The number of rotatable bonds is 9. The molecule has 29 heavy (non-hydrogen) atoms. The summed E-state index contributed by atoms with van der Waals surface area (Å²) in [6, 6.07) is 8.17. The van der Waals surface area contributed by atoms with Crippen LogP contribution in [0.2, 0.25) is 0 Å². The molecule has 3 rings (SSSR count). The van der Waals surface area contributed by atoms with Crippen molar-refractivity contribution >= 4 is 34.7 Å². The lowest BCUT2D eigenvalue weighted by Gasteiger charge is -2.24. The zero-order chi connectivity index (χ0) is 20.8. The Morgan fingerprint density at radius 2 is 1.90 bits per heavy atom. The Morgan fingerprint density at radius 1 is 1.17 bits per heavy atom. The van der Waals surface area contributed by atoms with Crippen molar-refractivity contribution in [3.63, 3.8) is 0 Å². The number of hydrogen-bond donors (Lipinski definition) is 3. The van der Waals surface area contributed by atoms with Crippen LogP contribution < -0.4 is 16.8 Å². The Morgan fingerprint density at radius 3 is 2.45 bits per heavy atom. The summed E-state index contributed by atoms with van der Waals surface area (Å²) in [5.41, 5.74) is 11.1. The molecule has 1 aliphatic rings. The fourth-order valence-corrected chi connectivity index (χ4v) is 4.02. The van der Waals surface area contributed by atoms with E-state index in [1.165, 1.54) is 18.2 Å². The Hall–Kier alpha value is -2.75. The molecule has 0 aliphatic carbocycles. The van der Waals surface area contributed by atoms with Crippen molar-refractivity contribution in [2.24, 2.45) is 11.5 Å². The van der Waals surface area contributed by atoms with Gasteiger partial charge in [0, 0.05) is 41.4 Å². The molecule has 3 amide bonds. The first kappa shape index (κ1) is 21.0. The number of carbonyl (C=O) groups is 3. The second kappa shape index (κ2) is 9.64. The largest absolute Gasteiger partial charge is 0.377 e. The van der Waals surface area contributed by atoms with Crippen LogP contribution in [0.5, 0.6) is 0 Å². The standard InChI is InChI=1S/C20H24N4O4S/c21-19(26)13-7-14(20(22)27)9-15(8-13)23-18(25)12-24(10-16-3-1-5-28-16)11-17-4-2-6-29-17/h2,4,6-9,16H,1,3,5,10-12H2,(H2,21,26)(H2,22,27)(H,23,25). The van der Waals surface area contributed by atoms with Gasteiger partial charge < -0.3 is 21.5 Å². The minimum atomic E-state index is -0.707. The van der Waals surface area contributed by atoms with Gasteiger partial charge in [0.1, 0.15) is 0 Å². The summed E-state index contributed by atoms with van der Waals surface area (Å²) < 4.78 is 5.71. The SMILES string of the molecule is NC(=O)c1cc(NC(=O)CN(Cc2cccs2)CC2CCCO2)cc(C(N)=O)c1. The van der Waals surface area contributed by atoms with Gasteiger partial charge in [0.05, 0.1) is 12.6 Å². The van der Waals surface area contributed by atoms with Gasteiger partial charge in [0.2, 0.25) is 17.7 Å². The predicted molar refractivity (Wildman–Crippen MR) is 111 cm³/mol. The molecule has 0 spiro atoms. The number of nitrogens with one attached hydrogen (secondary N) is 1. The van der Waals surface area contributed by atoms with E-state index in [2.05, 4.69) is 5.32 Å². The van der Waals surface area contributed by atoms with E-state index in [0.29, 0.717) is 18.8 Å². The van der Waals surface area contributed by atoms with Crippen LogP contribution in [-0.4, -0.2) is 48.4 Å². The summed E-state index contributed by atoms with van der Waals surface area (Å²) in [6.07, 6.45) is 2.12. The highest BCUT2D eigenvalue weighted by Gasteiger charge is 2.21. The van der Waals surface area contributed by atoms with Gasteiger partial charge in [-0.25, -0.2) is 0 Å². The lowest BCUT2D eigenvalue weighted by molar-refractivity contribution is -0.117. The Labute approximate surface area is 172 Å². The van der Waals surface area contributed by atoms with Gasteiger partial charge in [0.15, 0.2) is 0 Å². The molecule has 2 aromatic rings. The smallest absolute Gasteiger partial charge is 0.248 e. The van der Waals surface area contributed by atoms with E-state index in [4.69, 9.17) is 16.2 Å². The molecular weight excluding hydrogens is 392 g/mol. The van der Waals surface area contributed by atoms with Crippen molar-refractivity contribution in [1.29, 1.82) is 0 Å². The molecule has 1 atom stereocenters. The van der Waals surface area contributed by atoms with Crippen LogP contribution in [-0.2, 0) is 16.1 Å². The van der Waals surface area contributed by atoms with E-state index < -0.39 is 11.8 Å². The normalized spacial score (nSPS) is 16.1. The second-order valence-corrected chi connectivity index (χ2v) is 7.99. The molecule has 1 aromatic carbocycles. The third-order valence-electron chi connectivity index (χ3n) is 4.60. The summed E-state index contributed by atoms with van der Waals surface area (Å²) in [4.78, 5) is 38.8. The summed E-state index contributed by atoms with van der Waals surface area (Å²) in [5, 5.41) is 4.73. The molecule has 0 saturated carbocycles. The maximum atomic E-state index is 12.7. The van der Waals surface area contributed by atoms with Crippen LogP contribution in [0.1, 0.15) is 38.4 Å². The average molecular weight is 417 g/mol. The fourth-order valence-electron chi connectivity index (χ4n) is 3.27. The number of anilines is 1. The highest BCUT2D eigenvalue weighted by Crippen LogP contribution is 2.18. The summed E-state index contributed by atoms with van der Waals surface area (Å²) in [6.45, 7) is 2.18. The first-order valence-electron chi connectivity index (χ1n) is 9.31.